The summed E-state index contributed by atoms with van der Waals surface area (Å²) in [5.41, 5.74) is -0.468. The molecule has 1 amide bonds. The van der Waals surface area contributed by atoms with Crippen LogP contribution in [0.25, 0.3) is 0 Å². The number of hydrogen-bond acceptors (Lipinski definition) is 5. The Hall–Kier alpha value is -3.03. The lowest BCUT2D eigenvalue weighted by Crippen LogP contribution is -2.12. The molecule has 8 heteroatoms. The number of nitrogens with one attached hydrogen (secondary N) is 1. The van der Waals surface area contributed by atoms with E-state index in [-0.39, 0.29) is 11.3 Å². The van der Waals surface area contributed by atoms with Gasteiger partial charge in [0.2, 0.25) is 0 Å². The standard InChI is InChI=1S/C12H8FN3O4/c13-8-3-7(5-14-6-8)12(18)15-9-1-2-11(17)10(4-9)16(19)20/h1-6,17H,(H,15,18). The van der Waals surface area contributed by atoms with Crippen molar-refractivity contribution in [3.05, 3.63) is 58.2 Å². The minimum Gasteiger partial charge on any atom is -0.502 e. The molecule has 0 radical (unpaired) electrons. The number of nitro groups is 1. The molecule has 7 nitrogen and oxygen atoms in total. The molecule has 0 atom stereocenters. The van der Waals surface area contributed by atoms with E-state index >= 15 is 0 Å². The van der Waals surface area contributed by atoms with Gasteiger partial charge in [-0.15, -0.1) is 0 Å². The summed E-state index contributed by atoms with van der Waals surface area (Å²) in [4.78, 5) is 25.2. The molecule has 2 rings (SSSR count). The van der Waals surface area contributed by atoms with Crippen molar-refractivity contribution in [3.63, 3.8) is 0 Å². The Kier molecular flexibility index (Phi) is 3.56. The number of phenolic OH excluding ortho intramolecular Hbond substituents is 1. The Bertz CT molecular complexity index is 690. The molecule has 0 aliphatic carbocycles. The maximum absolute atomic E-state index is 12.9. The number of benzene rings is 1. The molecule has 0 spiro atoms. The van der Waals surface area contributed by atoms with Crippen LogP contribution < -0.4 is 5.32 Å². The fourth-order valence-electron chi connectivity index (χ4n) is 1.49. The fourth-order valence-corrected chi connectivity index (χ4v) is 1.49. The minimum atomic E-state index is -0.783. The van der Waals surface area contributed by atoms with Crippen molar-refractivity contribution in [3.8, 4) is 5.75 Å². The van der Waals surface area contributed by atoms with Gasteiger partial charge in [-0.1, -0.05) is 0 Å². The highest BCUT2D eigenvalue weighted by Gasteiger charge is 2.15. The van der Waals surface area contributed by atoms with E-state index in [1.165, 1.54) is 6.07 Å². The SMILES string of the molecule is O=C(Nc1ccc(O)c([N+](=O)[O-])c1)c1cncc(F)c1. The van der Waals surface area contributed by atoms with Crippen LogP contribution in [-0.4, -0.2) is 20.9 Å². The summed E-state index contributed by atoms with van der Waals surface area (Å²) in [5.74, 6) is -1.85. The maximum atomic E-state index is 12.9. The number of aromatic hydroxyl groups is 1. The van der Waals surface area contributed by atoms with Gasteiger partial charge in [0.05, 0.1) is 16.7 Å². The molecule has 0 saturated heterocycles. The first kappa shape index (κ1) is 13.4. The molecule has 1 aromatic carbocycles. The van der Waals surface area contributed by atoms with Crippen LogP contribution in [0.1, 0.15) is 10.4 Å². The summed E-state index contributed by atoms with van der Waals surface area (Å²) in [5, 5.41) is 22.3. The Morgan fingerprint density at radius 1 is 1.35 bits per heavy atom. The summed E-state index contributed by atoms with van der Waals surface area (Å²) in [6, 6.07) is 4.35. The quantitative estimate of drug-likeness (QED) is 0.507. The van der Waals surface area contributed by atoms with Crippen molar-refractivity contribution in [1.29, 1.82) is 0 Å². The van der Waals surface area contributed by atoms with E-state index in [0.29, 0.717) is 0 Å². The van der Waals surface area contributed by atoms with Crippen molar-refractivity contribution >= 4 is 17.3 Å². The van der Waals surface area contributed by atoms with E-state index in [2.05, 4.69) is 10.3 Å². The van der Waals surface area contributed by atoms with Gasteiger partial charge in [-0.25, -0.2) is 4.39 Å². The number of nitro benzene ring substituents is 1. The topological polar surface area (TPSA) is 105 Å². The van der Waals surface area contributed by atoms with Crippen molar-refractivity contribution < 1.29 is 19.2 Å². The van der Waals surface area contributed by atoms with Gasteiger partial charge in [-0.2, -0.15) is 0 Å². The third kappa shape index (κ3) is 2.86. The summed E-state index contributed by atoms with van der Waals surface area (Å²) >= 11 is 0. The number of phenols is 1. The molecule has 20 heavy (non-hydrogen) atoms. The largest absolute Gasteiger partial charge is 0.502 e. The molecule has 1 aromatic heterocycles. The second kappa shape index (κ2) is 5.31. The monoisotopic (exact) mass is 277 g/mol. The lowest BCUT2D eigenvalue weighted by Gasteiger charge is -2.05. The first-order valence-electron chi connectivity index (χ1n) is 5.36. The minimum absolute atomic E-state index is 0.0271. The highest BCUT2D eigenvalue weighted by Crippen LogP contribution is 2.28. The zero-order valence-corrected chi connectivity index (χ0v) is 9.91. The number of pyridine rings is 1. The van der Waals surface area contributed by atoms with Crippen molar-refractivity contribution in [2.75, 3.05) is 5.32 Å². The predicted octanol–water partition coefficient (Wildman–Crippen LogP) is 2.09. The van der Waals surface area contributed by atoms with E-state index in [4.69, 9.17) is 0 Å². The van der Waals surface area contributed by atoms with Crippen LogP contribution in [0.5, 0.6) is 5.75 Å². The molecule has 102 valence electrons. The molecule has 0 unspecified atom stereocenters. The average molecular weight is 277 g/mol. The second-order valence-corrected chi connectivity index (χ2v) is 3.81. The molecular weight excluding hydrogens is 269 g/mol. The van der Waals surface area contributed by atoms with E-state index < -0.39 is 28.1 Å². The highest BCUT2D eigenvalue weighted by atomic mass is 19.1. The Labute approximate surface area is 111 Å². The first-order chi connectivity index (χ1) is 9.47. The van der Waals surface area contributed by atoms with Crippen LogP contribution in [-0.2, 0) is 0 Å². The number of anilines is 1. The third-order valence-corrected chi connectivity index (χ3v) is 2.40. The zero-order chi connectivity index (χ0) is 14.7. The molecule has 2 aromatic rings. The second-order valence-electron chi connectivity index (χ2n) is 3.81. The van der Waals surface area contributed by atoms with Gasteiger partial charge in [0.25, 0.3) is 5.91 Å². The lowest BCUT2D eigenvalue weighted by molar-refractivity contribution is -0.385. The number of carbonyl (C=O) groups is 1. The molecule has 2 N–H and O–H groups in total. The van der Waals surface area contributed by atoms with E-state index in [0.717, 1.165) is 30.6 Å². The Morgan fingerprint density at radius 2 is 2.10 bits per heavy atom. The van der Waals surface area contributed by atoms with Crippen LogP contribution in [0, 0.1) is 15.9 Å². The van der Waals surface area contributed by atoms with Crippen molar-refractivity contribution in [2.24, 2.45) is 0 Å². The van der Waals surface area contributed by atoms with Crippen LogP contribution in [0.2, 0.25) is 0 Å². The number of aromatic nitrogens is 1. The number of carbonyl (C=O) groups excluding carboxylic acids is 1. The summed E-state index contributed by atoms with van der Waals surface area (Å²) in [6.07, 6.45) is 2.11. The fraction of sp³-hybridized carbons (Fsp3) is 0. The number of hydrogen-bond donors (Lipinski definition) is 2. The van der Waals surface area contributed by atoms with Crippen molar-refractivity contribution in [2.45, 2.75) is 0 Å². The van der Waals surface area contributed by atoms with Gasteiger partial charge in [-0.05, 0) is 18.2 Å². The van der Waals surface area contributed by atoms with Gasteiger partial charge in [0.15, 0.2) is 5.75 Å². The summed E-state index contributed by atoms with van der Waals surface area (Å²) < 4.78 is 12.9. The van der Waals surface area contributed by atoms with Gasteiger partial charge in [0.1, 0.15) is 5.82 Å². The molecule has 0 aliphatic heterocycles. The number of amides is 1. The molecule has 0 saturated carbocycles. The summed E-state index contributed by atoms with van der Waals surface area (Å²) in [7, 11) is 0. The van der Waals surface area contributed by atoms with Crippen LogP contribution in [0.4, 0.5) is 15.8 Å². The van der Waals surface area contributed by atoms with E-state index in [1.54, 1.807) is 0 Å². The third-order valence-electron chi connectivity index (χ3n) is 2.40. The molecular formula is C12H8FN3O4. The molecule has 0 fully saturated rings. The predicted molar refractivity (Wildman–Crippen MR) is 66.9 cm³/mol. The molecule has 1 heterocycles. The van der Waals surface area contributed by atoms with Gasteiger partial charge in [-0.3, -0.25) is 19.9 Å². The van der Waals surface area contributed by atoms with E-state index in [1.807, 2.05) is 0 Å². The zero-order valence-electron chi connectivity index (χ0n) is 9.91. The van der Waals surface area contributed by atoms with Crippen LogP contribution in [0.15, 0.2) is 36.7 Å². The maximum Gasteiger partial charge on any atom is 0.312 e. The smallest absolute Gasteiger partial charge is 0.312 e. The summed E-state index contributed by atoms with van der Waals surface area (Å²) in [6.45, 7) is 0. The van der Waals surface area contributed by atoms with Gasteiger partial charge >= 0.3 is 5.69 Å². The molecule has 0 bridgehead atoms. The average Bonchev–Trinajstić information content (AvgIpc) is 2.40. The van der Waals surface area contributed by atoms with Gasteiger partial charge in [0, 0.05) is 18.0 Å². The van der Waals surface area contributed by atoms with Crippen molar-refractivity contribution in [1.82, 2.24) is 4.98 Å². The van der Waals surface area contributed by atoms with Crippen LogP contribution >= 0.6 is 0 Å². The first-order valence-corrected chi connectivity index (χ1v) is 5.36. The lowest BCUT2D eigenvalue weighted by atomic mass is 10.2. The normalized spacial score (nSPS) is 10.1. The van der Waals surface area contributed by atoms with Gasteiger partial charge < -0.3 is 10.4 Å². The number of nitrogens with zero attached hydrogens (tertiary/aromatic N) is 2. The Morgan fingerprint density at radius 3 is 2.75 bits per heavy atom. The van der Waals surface area contributed by atoms with Crippen LogP contribution in [0.3, 0.4) is 0 Å². The number of halogens is 1. The van der Waals surface area contributed by atoms with E-state index in [9.17, 15) is 24.4 Å². The molecule has 0 aliphatic rings. The highest BCUT2D eigenvalue weighted by molar-refractivity contribution is 6.04. The number of rotatable bonds is 3. The Balaban J connectivity index is 2.24.